The minimum atomic E-state index is -0.388. The third-order valence-electron chi connectivity index (χ3n) is 4.38. The maximum atomic E-state index is 10.9. The molecule has 4 nitrogen and oxygen atoms in total. The zero-order valence-corrected chi connectivity index (χ0v) is 14.4. The molecule has 0 saturated heterocycles. The third-order valence-corrected chi connectivity index (χ3v) is 4.38. The van der Waals surface area contributed by atoms with E-state index in [9.17, 15) is 10.1 Å². The lowest BCUT2D eigenvalue weighted by atomic mass is 10.00. The van der Waals surface area contributed by atoms with E-state index in [1.54, 1.807) is 12.1 Å². The minimum Gasteiger partial charge on any atom is -0.258 e. The first kappa shape index (κ1) is 16.7. The molecule has 1 aromatic heterocycles. The first-order chi connectivity index (χ1) is 13.2. The predicted molar refractivity (Wildman–Crippen MR) is 107 cm³/mol. The van der Waals surface area contributed by atoms with E-state index in [0.29, 0.717) is 0 Å². The van der Waals surface area contributed by atoms with Gasteiger partial charge in [-0.05, 0) is 35.4 Å². The van der Waals surface area contributed by atoms with Crippen LogP contribution in [0, 0.1) is 10.1 Å². The zero-order valence-electron chi connectivity index (χ0n) is 14.4. The molecule has 4 rings (SSSR count). The average Bonchev–Trinajstić information content (AvgIpc) is 2.75. The zero-order chi connectivity index (χ0) is 18.6. The molecule has 0 fully saturated rings. The van der Waals surface area contributed by atoms with Crippen molar-refractivity contribution in [3.63, 3.8) is 0 Å². The number of hydrogen-bond acceptors (Lipinski definition) is 3. The van der Waals surface area contributed by atoms with Gasteiger partial charge in [0.1, 0.15) is 0 Å². The molecule has 0 unspecified atom stereocenters. The van der Waals surface area contributed by atoms with Crippen molar-refractivity contribution in [2.24, 2.45) is 0 Å². The van der Waals surface area contributed by atoms with Gasteiger partial charge in [0.15, 0.2) is 0 Å². The fraction of sp³-hybridized carbons (Fsp3) is 0. The lowest BCUT2D eigenvalue weighted by Crippen LogP contribution is -1.91. The van der Waals surface area contributed by atoms with Crippen molar-refractivity contribution in [3.05, 3.63) is 107 Å². The summed E-state index contributed by atoms with van der Waals surface area (Å²) < 4.78 is 0. The van der Waals surface area contributed by atoms with Crippen LogP contribution in [-0.2, 0) is 0 Å². The Balaban J connectivity index is 1.86. The summed E-state index contributed by atoms with van der Waals surface area (Å²) in [6, 6.07) is 30.6. The Hall–Kier alpha value is -3.79. The molecule has 0 amide bonds. The second kappa shape index (κ2) is 7.22. The molecule has 0 aliphatic heterocycles. The van der Waals surface area contributed by atoms with Crippen LogP contribution in [0.25, 0.3) is 33.6 Å². The van der Waals surface area contributed by atoms with Gasteiger partial charge >= 0.3 is 0 Å². The smallest absolute Gasteiger partial charge is 0.258 e. The fourth-order valence-electron chi connectivity index (χ4n) is 2.99. The number of pyridine rings is 1. The van der Waals surface area contributed by atoms with Gasteiger partial charge in [0, 0.05) is 23.3 Å². The van der Waals surface area contributed by atoms with Crippen LogP contribution in [0.1, 0.15) is 0 Å². The number of aromatic nitrogens is 1. The summed E-state index contributed by atoms with van der Waals surface area (Å²) in [6.45, 7) is 0. The van der Waals surface area contributed by atoms with E-state index in [0.717, 1.165) is 33.6 Å². The highest BCUT2D eigenvalue weighted by Gasteiger charge is 2.10. The van der Waals surface area contributed by atoms with Crippen molar-refractivity contribution in [2.75, 3.05) is 0 Å². The Kier molecular flexibility index (Phi) is 4.45. The van der Waals surface area contributed by atoms with E-state index < -0.39 is 0 Å². The summed E-state index contributed by atoms with van der Waals surface area (Å²) in [5.74, 6) is 0. The SMILES string of the molecule is O=[N+]([O-])c1ccc(-c2cc(-c3ccccc3)nc(-c3ccccc3)c2)cc1. The Morgan fingerprint density at radius 1 is 0.593 bits per heavy atom. The summed E-state index contributed by atoms with van der Waals surface area (Å²) in [5, 5.41) is 10.9. The molecule has 4 heteroatoms. The Morgan fingerprint density at radius 2 is 1.07 bits per heavy atom. The molecular formula is C23H16N2O2. The standard InChI is InChI=1S/C23H16N2O2/c26-25(27)21-13-11-17(12-14-21)20-15-22(18-7-3-1-4-8-18)24-23(16-20)19-9-5-2-6-10-19/h1-16H. The van der Waals surface area contributed by atoms with Gasteiger partial charge in [-0.3, -0.25) is 10.1 Å². The number of non-ortho nitro benzene ring substituents is 1. The number of hydrogen-bond donors (Lipinski definition) is 0. The Bertz CT molecular complexity index is 1020. The number of rotatable bonds is 4. The summed E-state index contributed by atoms with van der Waals surface area (Å²) in [7, 11) is 0. The van der Waals surface area contributed by atoms with Crippen LogP contribution in [0.15, 0.2) is 97.1 Å². The lowest BCUT2D eigenvalue weighted by Gasteiger charge is -2.10. The van der Waals surface area contributed by atoms with Gasteiger partial charge in [0.25, 0.3) is 5.69 Å². The summed E-state index contributed by atoms with van der Waals surface area (Å²) in [5.41, 5.74) is 5.75. The molecule has 130 valence electrons. The van der Waals surface area contributed by atoms with Crippen molar-refractivity contribution in [3.8, 4) is 33.6 Å². The van der Waals surface area contributed by atoms with Gasteiger partial charge in [-0.1, -0.05) is 60.7 Å². The molecule has 1 heterocycles. The topological polar surface area (TPSA) is 56.0 Å². The van der Waals surface area contributed by atoms with Gasteiger partial charge in [0.05, 0.1) is 16.3 Å². The number of nitro benzene ring substituents is 1. The van der Waals surface area contributed by atoms with Crippen LogP contribution in [0.3, 0.4) is 0 Å². The summed E-state index contributed by atoms with van der Waals surface area (Å²) >= 11 is 0. The normalized spacial score (nSPS) is 10.5. The highest BCUT2D eigenvalue weighted by atomic mass is 16.6. The lowest BCUT2D eigenvalue weighted by molar-refractivity contribution is -0.384. The van der Waals surface area contributed by atoms with E-state index in [2.05, 4.69) is 0 Å². The molecular weight excluding hydrogens is 336 g/mol. The average molecular weight is 352 g/mol. The molecule has 0 aliphatic rings. The molecule has 0 atom stereocenters. The van der Waals surface area contributed by atoms with Crippen LogP contribution in [0.5, 0.6) is 0 Å². The molecule has 0 saturated carbocycles. The number of nitro groups is 1. The van der Waals surface area contributed by atoms with Gasteiger partial charge in [-0.2, -0.15) is 0 Å². The third kappa shape index (κ3) is 3.60. The van der Waals surface area contributed by atoms with Gasteiger partial charge in [-0.25, -0.2) is 4.98 Å². The van der Waals surface area contributed by atoms with Crippen molar-refractivity contribution in [1.29, 1.82) is 0 Å². The highest BCUT2D eigenvalue weighted by Crippen LogP contribution is 2.30. The maximum absolute atomic E-state index is 10.9. The second-order valence-corrected chi connectivity index (χ2v) is 6.16. The van der Waals surface area contributed by atoms with Crippen molar-refractivity contribution in [1.82, 2.24) is 4.98 Å². The number of nitrogens with zero attached hydrogens (tertiary/aromatic N) is 2. The van der Waals surface area contributed by atoms with Crippen molar-refractivity contribution < 1.29 is 4.92 Å². The molecule has 0 aliphatic carbocycles. The molecule has 4 aromatic rings. The number of benzene rings is 3. The molecule has 0 N–H and O–H groups in total. The van der Waals surface area contributed by atoms with Crippen LogP contribution in [-0.4, -0.2) is 9.91 Å². The fourth-order valence-corrected chi connectivity index (χ4v) is 2.99. The molecule has 0 bridgehead atoms. The maximum Gasteiger partial charge on any atom is 0.269 e. The molecule has 0 radical (unpaired) electrons. The van der Waals surface area contributed by atoms with E-state index >= 15 is 0 Å². The van der Waals surface area contributed by atoms with Crippen LogP contribution >= 0.6 is 0 Å². The summed E-state index contributed by atoms with van der Waals surface area (Å²) in [4.78, 5) is 15.4. The van der Waals surface area contributed by atoms with E-state index in [4.69, 9.17) is 4.98 Å². The minimum absolute atomic E-state index is 0.0828. The molecule has 3 aromatic carbocycles. The Labute approximate surface area is 156 Å². The predicted octanol–water partition coefficient (Wildman–Crippen LogP) is 5.99. The van der Waals surface area contributed by atoms with Gasteiger partial charge < -0.3 is 0 Å². The van der Waals surface area contributed by atoms with E-state index in [1.807, 2.05) is 72.8 Å². The van der Waals surface area contributed by atoms with Gasteiger partial charge in [0.2, 0.25) is 0 Å². The van der Waals surface area contributed by atoms with Crippen LogP contribution in [0.4, 0.5) is 5.69 Å². The van der Waals surface area contributed by atoms with E-state index in [-0.39, 0.29) is 10.6 Å². The Morgan fingerprint density at radius 3 is 1.52 bits per heavy atom. The second-order valence-electron chi connectivity index (χ2n) is 6.16. The van der Waals surface area contributed by atoms with Gasteiger partial charge in [-0.15, -0.1) is 0 Å². The van der Waals surface area contributed by atoms with E-state index in [1.165, 1.54) is 12.1 Å². The molecule has 0 spiro atoms. The first-order valence-corrected chi connectivity index (χ1v) is 8.58. The monoisotopic (exact) mass is 352 g/mol. The first-order valence-electron chi connectivity index (χ1n) is 8.58. The van der Waals surface area contributed by atoms with Crippen molar-refractivity contribution >= 4 is 5.69 Å². The quantitative estimate of drug-likeness (QED) is 0.335. The largest absolute Gasteiger partial charge is 0.269 e. The summed E-state index contributed by atoms with van der Waals surface area (Å²) in [6.07, 6.45) is 0. The highest BCUT2D eigenvalue weighted by molar-refractivity contribution is 5.76. The van der Waals surface area contributed by atoms with Crippen LogP contribution < -0.4 is 0 Å². The molecule has 27 heavy (non-hydrogen) atoms. The van der Waals surface area contributed by atoms with Crippen molar-refractivity contribution in [2.45, 2.75) is 0 Å². The van der Waals surface area contributed by atoms with Crippen LogP contribution in [0.2, 0.25) is 0 Å².